The average molecular weight is 484 g/mol. The maximum atomic E-state index is 10.6. The van der Waals surface area contributed by atoms with Crippen LogP contribution in [0.25, 0.3) is 0 Å². The van der Waals surface area contributed by atoms with Crippen molar-refractivity contribution in [1.29, 1.82) is 0 Å². The zero-order chi connectivity index (χ0) is 18.8. The number of rotatable bonds is 9. The van der Waals surface area contributed by atoms with Gasteiger partial charge in [-0.05, 0) is 30.9 Å². The summed E-state index contributed by atoms with van der Waals surface area (Å²) in [6, 6.07) is 14.5. The number of para-hydroxylation sites is 1. The first-order valence-electron chi connectivity index (χ1n) is 8.47. The molecule has 0 aliphatic heterocycles. The van der Waals surface area contributed by atoms with E-state index in [1.807, 2.05) is 24.3 Å². The molecule has 0 aliphatic carbocycles. The van der Waals surface area contributed by atoms with E-state index in [1.165, 1.54) is 12.1 Å². The van der Waals surface area contributed by atoms with E-state index < -0.39 is 0 Å². The lowest BCUT2D eigenvalue weighted by Crippen LogP contribution is -2.23. The molecule has 0 atom stereocenters. The molecule has 7 nitrogen and oxygen atoms in total. The van der Waals surface area contributed by atoms with Crippen molar-refractivity contribution in [2.45, 2.75) is 25.9 Å². The highest BCUT2D eigenvalue weighted by Gasteiger charge is 2.04. The van der Waals surface area contributed by atoms with Gasteiger partial charge in [0.25, 0.3) is 5.69 Å². The molecule has 0 aliphatic rings. The van der Waals surface area contributed by atoms with Crippen LogP contribution >= 0.6 is 24.0 Å². The van der Waals surface area contributed by atoms with Gasteiger partial charge in [0.05, 0.1) is 11.5 Å². The first-order chi connectivity index (χ1) is 12.6. The van der Waals surface area contributed by atoms with Crippen molar-refractivity contribution >= 4 is 41.3 Å². The standard InChI is InChI=1S/C19H24N4O3.HI/c1-26-14-16-7-2-3-8-18(16)22-19(20)21-13-5-4-6-15-9-11-17(12-10-15)23(24)25;/h2-3,7-12H,4-6,13-14H2,1H3,(H3,20,21,22);1H. The second-order valence-corrected chi connectivity index (χ2v) is 5.86. The van der Waals surface area contributed by atoms with Gasteiger partial charge < -0.3 is 15.8 Å². The van der Waals surface area contributed by atoms with Crippen LogP contribution < -0.4 is 11.1 Å². The Balaban J connectivity index is 0.00000364. The number of unbranched alkanes of at least 4 members (excludes halogenated alkanes) is 1. The molecular formula is C19H25IN4O3. The number of anilines is 1. The van der Waals surface area contributed by atoms with E-state index in [0.717, 1.165) is 36.1 Å². The fraction of sp³-hybridized carbons (Fsp3) is 0.316. The topological polar surface area (TPSA) is 103 Å². The van der Waals surface area contributed by atoms with Gasteiger partial charge in [0, 0.05) is 37.0 Å². The van der Waals surface area contributed by atoms with Crippen molar-refractivity contribution < 1.29 is 9.66 Å². The molecule has 0 spiro atoms. The fourth-order valence-corrected chi connectivity index (χ4v) is 2.53. The Hall–Kier alpha value is -2.20. The summed E-state index contributed by atoms with van der Waals surface area (Å²) >= 11 is 0. The predicted octanol–water partition coefficient (Wildman–Crippen LogP) is 4.11. The zero-order valence-electron chi connectivity index (χ0n) is 15.3. The lowest BCUT2D eigenvalue weighted by atomic mass is 10.1. The lowest BCUT2D eigenvalue weighted by molar-refractivity contribution is -0.384. The van der Waals surface area contributed by atoms with Gasteiger partial charge in [-0.15, -0.1) is 24.0 Å². The summed E-state index contributed by atoms with van der Waals surface area (Å²) < 4.78 is 5.17. The van der Waals surface area contributed by atoms with E-state index in [2.05, 4.69) is 10.3 Å². The third-order valence-corrected chi connectivity index (χ3v) is 3.88. The minimum absolute atomic E-state index is 0. The number of guanidine groups is 1. The fourth-order valence-electron chi connectivity index (χ4n) is 2.53. The van der Waals surface area contributed by atoms with Gasteiger partial charge in [-0.2, -0.15) is 0 Å². The molecule has 2 aromatic carbocycles. The summed E-state index contributed by atoms with van der Waals surface area (Å²) in [7, 11) is 1.65. The van der Waals surface area contributed by atoms with Crippen molar-refractivity contribution in [3.05, 3.63) is 69.8 Å². The molecule has 8 heteroatoms. The molecule has 0 fully saturated rings. The Bertz CT molecular complexity index is 751. The largest absolute Gasteiger partial charge is 0.380 e. The normalized spacial score (nSPS) is 10.9. The van der Waals surface area contributed by atoms with Gasteiger partial charge in [-0.25, -0.2) is 0 Å². The minimum Gasteiger partial charge on any atom is -0.380 e. The maximum Gasteiger partial charge on any atom is 0.269 e. The van der Waals surface area contributed by atoms with Gasteiger partial charge in [-0.3, -0.25) is 15.1 Å². The van der Waals surface area contributed by atoms with Gasteiger partial charge in [0.1, 0.15) is 0 Å². The molecule has 0 saturated carbocycles. The second-order valence-electron chi connectivity index (χ2n) is 5.86. The first-order valence-corrected chi connectivity index (χ1v) is 8.47. The van der Waals surface area contributed by atoms with Crippen molar-refractivity contribution in [2.24, 2.45) is 10.7 Å². The molecule has 0 amide bonds. The highest BCUT2D eigenvalue weighted by atomic mass is 127. The van der Waals surface area contributed by atoms with Crippen LogP contribution in [0.2, 0.25) is 0 Å². The van der Waals surface area contributed by atoms with E-state index in [4.69, 9.17) is 10.5 Å². The Morgan fingerprint density at radius 2 is 1.89 bits per heavy atom. The summed E-state index contributed by atoms with van der Waals surface area (Å²) in [5.74, 6) is 0.379. The van der Waals surface area contributed by atoms with Crippen LogP contribution in [0, 0.1) is 10.1 Å². The molecule has 146 valence electrons. The molecule has 27 heavy (non-hydrogen) atoms. The number of benzene rings is 2. The van der Waals surface area contributed by atoms with Crippen LogP contribution in [0.1, 0.15) is 24.0 Å². The average Bonchev–Trinajstić information content (AvgIpc) is 2.63. The number of nitrogens with zero attached hydrogens (tertiary/aromatic N) is 2. The van der Waals surface area contributed by atoms with Gasteiger partial charge in [0.15, 0.2) is 5.96 Å². The summed E-state index contributed by atoms with van der Waals surface area (Å²) in [5.41, 5.74) is 9.05. The van der Waals surface area contributed by atoms with Crippen LogP contribution in [-0.2, 0) is 17.8 Å². The van der Waals surface area contributed by atoms with Crippen molar-refractivity contribution in [2.75, 3.05) is 19.0 Å². The highest BCUT2D eigenvalue weighted by molar-refractivity contribution is 14.0. The number of aryl methyl sites for hydroxylation is 1. The second kappa shape index (κ2) is 12.2. The number of halogens is 1. The lowest BCUT2D eigenvalue weighted by Gasteiger charge is -2.10. The summed E-state index contributed by atoms with van der Waals surface area (Å²) in [6.45, 7) is 1.13. The molecule has 3 N–H and O–H groups in total. The number of nitro groups is 1. The Morgan fingerprint density at radius 3 is 2.56 bits per heavy atom. The van der Waals surface area contributed by atoms with E-state index in [0.29, 0.717) is 19.1 Å². The van der Waals surface area contributed by atoms with E-state index in [9.17, 15) is 10.1 Å². The van der Waals surface area contributed by atoms with Crippen LogP contribution in [0.5, 0.6) is 0 Å². The number of aliphatic imine (C=N–C) groups is 1. The number of nitrogens with two attached hydrogens (primary N) is 1. The summed E-state index contributed by atoms with van der Waals surface area (Å²) in [5, 5.41) is 13.7. The quantitative estimate of drug-likeness (QED) is 0.139. The number of nitro benzene ring substituents is 1. The van der Waals surface area contributed by atoms with E-state index >= 15 is 0 Å². The number of methoxy groups -OCH3 is 1. The third-order valence-electron chi connectivity index (χ3n) is 3.88. The molecule has 0 heterocycles. The van der Waals surface area contributed by atoms with Crippen molar-refractivity contribution in [3.8, 4) is 0 Å². The molecule has 2 aromatic rings. The number of non-ortho nitro benzene ring substituents is 1. The van der Waals surface area contributed by atoms with Crippen LogP contribution in [0.15, 0.2) is 53.5 Å². The van der Waals surface area contributed by atoms with Crippen LogP contribution in [0.4, 0.5) is 11.4 Å². The van der Waals surface area contributed by atoms with Crippen molar-refractivity contribution in [1.82, 2.24) is 0 Å². The first kappa shape index (κ1) is 22.8. The molecule has 0 unspecified atom stereocenters. The van der Waals surface area contributed by atoms with Crippen molar-refractivity contribution in [3.63, 3.8) is 0 Å². The van der Waals surface area contributed by atoms with E-state index in [1.54, 1.807) is 19.2 Å². The zero-order valence-corrected chi connectivity index (χ0v) is 17.6. The van der Waals surface area contributed by atoms with Gasteiger partial charge in [0.2, 0.25) is 0 Å². The number of hydrogen-bond acceptors (Lipinski definition) is 4. The van der Waals surface area contributed by atoms with Crippen LogP contribution in [-0.4, -0.2) is 24.5 Å². The van der Waals surface area contributed by atoms with Gasteiger partial charge >= 0.3 is 0 Å². The van der Waals surface area contributed by atoms with E-state index in [-0.39, 0.29) is 34.6 Å². The highest BCUT2D eigenvalue weighted by Crippen LogP contribution is 2.16. The number of hydrogen-bond donors (Lipinski definition) is 2. The minimum atomic E-state index is -0.390. The monoisotopic (exact) mass is 484 g/mol. The molecule has 0 saturated heterocycles. The Labute approximate surface area is 176 Å². The number of ether oxygens (including phenoxy) is 1. The molecule has 2 rings (SSSR count). The SMILES string of the molecule is COCc1ccccc1NC(N)=NCCCCc1ccc([N+](=O)[O-])cc1.I. The molecule has 0 bridgehead atoms. The Kier molecular flexibility index (Phi) is 10.3. The smallest absolute Gasteiger partial charge is 0.269 e. The Morgan fingerprint density at radius 1 is 1.19 bits per heavy atom. The molecular weight excluding hydrogens is 459 g/mol. The molecule has 0 aromatic heterocycles. The molecule has 0 radical (unpaired) electrons. The summed E-state index contributed by atoms with van der Waals surface area (Å²) in [4.78, 5) is 14.6. The number of nitrogens with one attached hydrogen (secondary N) is 1. The summed E-state index contributed by atoms with van der Waals surface area (Å²) in [6.07, 6.45) is 2.69. The maximum absolute atomic E-state index is 10.6. The predicted molar refractivity (Wildman–Crippen MR) is 119 cm³/mol. The van der Waals surface area contributed by atoms with Crippen LogP contribution in [0.3, 0.4) is 0 Å². The van der Waals surface area contributed by atoms with Gasteiger partial charge in [-0.1, -0.05) is 30.3 Å². The third kappa shape index (κ3) is 7.92.